The number of anilines is 2. The van der Waals surface area contributed by atoms with Gasteiger partial charge in [-0.3, -0.25) is 24.5 Å². The average molecular weight is 631 g/mol. The van der Waals surface area contributed by atoms with Gasteiger partial charge in [-0.05, 0) is 66.7 Å². The van der Waals surface area contributed by atoms with Gasteiger partial charge in [-0.2, -0.15) is 0 Å². The number of amides is 3. The van der Waals surface area contributed by atoms with Gasteiger partial charge in [-0.1, -0.05) is 41.9 Å². The fraction of sp³-hybridized carbons (Fsp3) is 0.0323. The maximum absolute atomic E-state index is 13.3. The number of carbonyl (C=O) groups excluding carboxylic acids is 3. The minimum Gasteiger partial charge on any atom is -0.478 e. The lowest BCUT2D eigenvalue weighted by molar-refractivity contribution is -0.385. The van der Waals surface area contributed by atoms with E-state index in [1.165, 1.54) is 54.2 Å². The molecule has 222 valence electrons. The summed E-state index contributed by atoms with van der Waals surface area (Å²) in [6.45, 7) is 0. The highest BCUT2D eigenvalue weighted by Gasteiger charge is 2.18. The number of aromatic carboxylic acids is 1. The lowest BCUT2D eigenvalue weighted by atomic mass is 10.1. The Morgan fingerprint density at radius 2 is 1.52 bits per heavy atom. The van der Waals surface area contributed by atoms with Crippen molar-refractivity contribution in [3.05, 3.63) is 135 Å². The standard InChI is InChI=1S/C31H23ClN4O7S/c32-25-15-12-22(17-24(25)31(40)41)33-28(37)18-44-23-13-10-21(11-14-23)34-30(39)26(35-29(38)19-6-2-1-3-7-19)16-20-8-4-5-9-27(20)36(42)43/h1-17H,18H2,(H,33,37)(H,34,39)(H,35,38)(H,40,41)/b26-16-. The van der Waals surface area contributed by atoms with E-state index in [2.05, 4.69) is 16.0 Å². The molecule has 4 N–H and O–H groups in total. The lowest BCUT2D eigenvalue weighted by Gasteiger charge is -2.12. The lowest BCUT2D eigenvalue weighted by Crippen LogP contribution is -2.30. The molecule has 0 aliphatic rings. The van der Waals surface area contributed by atoms with E-state index in [4.69, 9.17) is 11.6 Å². The maximum Gasteiger partial charge on any atom is 0.337 e. The number of carbonyl (C=O) groups is 4. The molecule has 0 atom stereocenters. The summed E-state index contributed by atoms with van der Waals surface area (Å²) >= 11 is 7.07. The van der Waals surface area contributed by atoms with Crippen LogP contribution in [0, 0.1) is 10.1 Å². The first-order chi connectivity index (χ1) is 21.1. The summed E-state index contributed by atoms with van der Waals surface area (Å²) < 4.78 is 0. The Bertz CT molecular complexity index is 1760. The Balaban J connectivity index is 1.44. The Morgan fingerprint density at radius 1 is 0.864 bits per heavy atom. The predicted octanol–water partition coefficient (Wildman–Crippen LogP) is 6.09. The largest absolute Gasteiger partial charge is 0.478 e. The van der Waals surface area contributed by atoms with Crippen LogP contribution in [0.4, 0.5) is 17.1 Å². The van der Waals surface area contributed by atoms with Crippen molar-refractivity contribution in [2.24, 2.45) is 0 Å². The number of nitrogens with zero attached hydrogens (tertiary/aromatic N) is 1. The van der Waals surface area contributed by atoms with Crippen LogP contribution in [0.25, 0.3) is 6.08 Å². The summed E-state index contributed by atoms with van der Waals surface area (Å²) in [7, 11) is 0. The summed E-state index contributed by atoms with van der Waals surface area (Å²) in [5.74, 6) is -2.85. The molecule has 0 saturated carbocycles. The topological polar surface area (TPSA) is 168 Å². The van der Waals surface area contributed by atoms with Crippen LogP contribution in [0.1, 0.15) is 26.3 Å². The van der Waals surface area contributed by atoms with Gasteiger partial charge in [-0.25, -0.2) is 4.79 Å². The van der Waals surface area contributed by atoms with Gasteiger partial charge in [0, 0.05) is 27.9 Å². The van der Waals surface area contributed by atoms with E-state index in [-0.39, 0.29) is 44.8 Å². The summed E-state index contributed by atoms with van der Waals surface area (Å²) in [6.07, 6.45) is 1.23. The molecule has 0 aromatic heterocycles. The zero-order chi connectivity index (χ0) is 31.6. The number of hydrogen-bond acceptors (Lipinski definition) is 7. The fourth-order valence-electron chi connectivity index (χ4n) is 3.82. The van der Waals surface area contributed by atoms with Crippen molar-refractivity contribution < 1.29 is 29.2 Å². The van der Waals surface area contributed by atoms with E-state index < -0.39 is 22.7 Å². The van der Waals surface area contributed by atoms with Gasteiger partial charge in [0.15, 0.2) is 0 Å². The third kappa shape index (κ3) is 8.53. The van der Waals surface area contributed by atoms with E-state index in [1.54, 1.807) is 60.7 Å². The van der Waals surface area contributed by atoms with Gasteiger partial charge in [0.2, 0.25) is 5.91 Å². The molecule has 4 aromatic rings. The molecular weight excluding hydrogens is 608 g/mol. The van der Waals surface area contributed by atoms with Crippen LogP contribution in [-0.4, -0.2) is 39.5 Å². The third-order valence-corrected chi connectivity index (χ3v) is 7.27. The maximum atomic E-state index is 13.3. The van der Waals surface area contributed by atoms with Crippen LogP contribution in [0.15, 0.2) is 108 Å². The van der Waals surface area contributed by atoms with E-state index in [1.807, 2.05) is 0 Å². The number of nitrogens with one attached hydrogen (secondary N) is 3. The second-order valence-electron chi connectivity index (χ2n) is 9.01. The molecule has 13 heteroatoms. The SMILES string of the molecule is O=C(CSc1ccc(NC(=O)/C(=C/c2ccccc2[N+](=O)[O-])NC(=O)c2ccccc2)cc1)Nc1ccc(Cl)c(C(=O)O)c1. The van der Waals surface area contributed by atoms with Gasteiger partial charge in [0.05, 0.1) is 26.8 Å². The molecule has 0 fully saturated rings. The smallest absolute Gasteiger partial charge is 0.337 e. The highest BCUT2D eigenvalue weighted by molar-refractivity contribution is 8.00. The number of carboxylic acids is 1. The molecule has 11 nitrogen and oxygen atoms in total. The molecule has 44 heavy (non-hydrogen) atoms. The Kier molecular flexibility index (Phi) is 10.5. The average Bonchev–Trinajstić information content (AvgIpc) is 3.01. The Morgan fingerprint density at radius 3 is 2.20 bits per heavy atom. The molecule has 3 amide bonds. The van der Waals surface area contributed by atoms with Crippen LogP contribution >= 0.6 is 23.4 Å². The third-order valence-electron chi connectivity index (χ3n) is 5.92. The van der Waals surface area contributed by atoms with Crippen molar-refractivity contribution in [3.8, 4) is 0 Å². The number of benzene rings is 4. The molecule has 0 aliphatic carbocycles. The Labute approximate surface area is 260 Å². The summed E-state index contributed by atoms with van der Waals surface area (Å²) in [5, 5.41) is 28.6. The first kappa shape index (κ1) is 31.5. The molecule has 0 radical (unpaired) electrons. The summed E-state index contributed by atoms with van der Waals surface area (Å²) in [5.41, 5.74) is 0.492. The van der Waals surface area contributed by atoms with Crippen molar-refractivity contribution >= 4 is 70.2 Å². The molecular formula is C31H23ClN4O7S. The molecule has 4 rings (SSSR count). The molecule has 4 aromatic carbocycles. The number of halogens is 1. The highest BCUT2D eigenvalue weighted by Crippen LogP contribution is 2.24. The van der Waals surface area contributed by atoms with Gasteiger partial charge >= 0.3 is 5.97 Å². The zero-order valence-corrected chi connectivity index (χ0v) is 24.2. The molecule has 0 saturated heterocycles. The van der Waals surface area contributed by atoms with E-state index >= 15 is 0 Å². The van der Waals surface area contributed by atoms with Gasteiger partial charge in [-0.15, -0.1) is 11.8 Å². The number of hydrogen-bond donors (Lipinski definition) is 4. The minimum absolute atomic E-state index is 0.0188. The van der Waals surface area contributed by atoms with Gasteiger partial charge < -0.3 is 21.1 Å². The first-order valence-electron chi connectivity index (χ1n) is 12.8. The van der Waals surface area contributed by atoms with Crippen molar-refractivity contribution in [1.29, 1.82) is 0 Å². The summed E-state index contributed by atoms with van der Waals surface area (Å²) in [6, 6.07) is 24.7. The van der Waals surface area contributed by atoms with Crippen LogP contribution in [0.3, 0.4) is 0 Å². The highest BCUT2D eigenvalue weighted by atomic mass is 35.5. The van der Waals surface area contributed by atoms with Crippen molar-refractivity contribution in [2.45, 2.75) is 4.90 Å². The quantitative estimate of drug-likeness (QED) is 0.0668. The number of carboxylic acid groups (broad SMARTS) is 1. The van der Waals surface area contributed by atoms with Crippen LogP contribution in [-0.2, 0) is 9.59 Å². The van der Waals surface area contributed by atoms with E-state index in [0.717, 1.165) is 0 Å². The molecule has 0 unspecified atom stereocenters. The first-order valence-corrected chi connectivity index (χ1v) is 14.2. The normalized spacial score (nSPS) is 10.9. The second-order valence-corrected chi connectivity index (χ2v) is 10.5. The Hall–Kier alpha value is -5.46. The number of rotatable bonds is 11. The minimum atomic E-state index is -1.21. The molecule has 0 aliphatic heterocycles. The fourth-order valence-corrected chi connectivity index (χ4v) is 4.72. The summed E-state index contributed by atoms with van der Waals surface area (Å²) in [4.78, 5) is 61.4. The van der Waals surface area contributed by atoms with Crippen molar-refractivity contribution in [1.82, 2.24) is 5.32 Å². The van der Waals surface area contributed by atoms with Crippen LogP contribution < -0.4 is 16.0 Å². The predicted molar refractivity (Wildman–Crippen MR) is 168 cm³/mol. The molecule has 0 heterocycles. The number of nitro groups is 1. The number of nitro benzene ring substituents is 1. The van der Waals surface area contributed by atoms with Crippen LogP contribution in [0.2, 0.25) is 5.02 Å². The van der Waals surface area contributed by atoms with E-state index in [9.17, 15) is 34.4 Å². The second kappa shape index (κ2) is 14.6. The number of thioether (sulfide) groups is 1. The number of para-hydroxylation sites is 1. The zero-order valence-electron chi connectivity index (χ0n) is 22.7. The monoisotopic (exact) mass is 630 g/mol. The van der Waals surface area contributed by atoms with Crippen LogP contribution in [0.5, 0.6) is 0 Å². The molecule has 0 bridgehead atoms. The molecule has 0 spiro atoms. The van der Waals surface area contributed by atoms with E-state index in [0.29, 0.717) is 16.3 Å². The van der Waals surface area contributed by atoms with Crippen molar-refractivity contribution in [3.63, 3.8) is 0 Å². The van der Waals surface area contributed by atoms with Gasteiger partial charge in [0.25, 0.3) is 17.5 Å². The van der Waals surface area contributed by atoms with Crippen molar-refractivity contribution in [2.75, 3.05) is 16.4 Å². The van der Waals surface area contributed by atoms with Gasteiger partial charge in [0.1, 0.15) is 5.70 Å².